The summed E-state index contributed by atoms with van der Waals surface area (Å²) >= 11 is 6.04. The van der Waals surface area contributed by atoms with Crippen molar-refractivity contribution < 1.29 is 17.9 Å². The lowest BCUT2D eigenvalue weighted by atomic mass is 10.1. The maximum Gasteiger partial charge on any atom is 0.245 e. The van der Waals surface area contributed by atoms with Gasteiger partial charge in [-0.05, 0) is 48.7 Å². The minimum atomic E-state index is -4.12. The number of nitrogens with zero attached hydrogens (tertiary/aromatic N) is 1. The van der Waals surface area contributed by atoms with Crippen LogP contribution in [0.2, 0.25) is 5.02 Å². The molecule has 3 rings (SSSR count). The molecule has 3 aromatic rings. The van der Waals surface area contributed by atoms with Gasteiger partial charge in [0.1, 0.15) is 16.7 Å². The van der Waals surface area contributed by atoms with E-state index in [1.165, 1.54) is 12.1 Å². The van der Waals surface area contributed by atoms with Crippen LogP contribution in [0.15, 0.2) is 78.0 Å². The van der Waals surface area contributed by atoms with Gasteiger partial charge in [0.15, 0.2) is 0 Å². The second kappa shape index (κ2) is 11.1. The van der Waals surface area contributed by atoms with E-state index in [0.717, 1.165) is 11.1 Å². The molecule has 0 radical (unpaired) electrons. The van der Waals surface area contributed by atoms with Gasteiger partial charge >= 0.3 is 0 Å². The number of halogens is 1. The third-order valence-electron chi connectivity index (χ3n) is 4.58. The number of amides is 1. The minimum absolute atomic E-state index is 0.120. The zero-order chi connectivity index (χ0) is 23.0. The number of sulfonamides is 1. The molecule has 0 saturated carbocycles. The Morgan fingerprint density at radius 1 is 1.09 bits per heavy atom. The number of ether oxygens (including phenoxy) is 1. The summed E-state index contributed by atoms with van der Waals surface area (Å²) in [4.78, 5) is 16.9. The first-order valence-corrected chi connectivity index (χ1v) is 11.9. The second-order valence-corrected chi connectivity index (χ2v) is 9.09. The number of rotatable bonds is 10. The first-order valence-electron chi connectivity index (χ1n) is 10.0. The number of hydrogen-bond acceptors (Lipinski definition) is 5. The molecule has 2 N–H and O–H groups in total. The van der Waals surface area contributed by atoms with Crippen LogP contribution < -0.4 is 14.8 Å². The first-order chi connectivity index (χ1) is 15.4. The minimum Gasteiger partial charge on any atom is -0.492 e. The van der Waals surface area contributed by atoms with Crippen molar-refractivity contribution in [1.82, 2.24) is 15.0 Å². The molecule has 0 saturated heterocycles. The highest BCUT2D eigenvalue weighted by molar-refractivity contribution is 7.89. The van der Waals surface area contributed by atoms with Crippen LogP contribution >= 0.6 is 11.6 Å². The van der Waals surface area contributed by atoms with Crippen LogP contribution in [-0.2, 0) is 27.8 Å². The molecule has 1 aromatic heterocycles. The fourth-order valence-electron chi connectivity index (χ4n) is 3.07. The number of benzene rings is 2. The number of nitrogens with one attached hydrogen (secondary N) is 2. The average Bonchev–Trinajstić information content (AvgIpc) is 2.79. The highest BCUT2D eigenvalue weighted by Crippen LogP contribution is 2.27. The molecule has 1 heterocycles. The normalized spacial score (nSPS) is 12.2. The fraction of sp³-hybridized carbons (Fsp3) is 0.217. The molecule has 7 nitrogen and oxygen atoms in total. The van der Waals surface area contributed by atoms with E-state index in [1.54, 1.807) is 31.5 Å². The Morgan fingerprint density at radius 2 is 1.84 bits per heavy atom. The Balaban J connectivity index is 1.86. The lowest BCUT2D eigenvalue weighted by Crippen LogP contribution is -2.47. The summed E-state index contributed by atoms with van der Waals surface area (Å²) in [6.45, 7) is 2.26. The Bertz CT molecular complexity index is 1140. The molecule has 0 aliphatic rings. The summed E-state index contributed by atoms with van der Waals surface area (Å²) in [6, 6.07) is 16.1. The van der Waals surface area contributed by atoms with Crippen LogP contribution in [0.3, 0.4) is 0 Å². The summed E-state index contributed by atoms with van der Waals surface area (Å²) in [5.41, 5.74) is 1.61. The van der Waals surface area contributed by atoms with Crippen LogP contribution in [0.4, 0.5) is 0 Å². The molecule has 0 bridgehead atoms. The third-order valence-corrected chi connectivity index (χ3v) is 6.31. The summed E-state index contributed by atoms with van der Waals surface area (Å²) in [6.07, 6.45) is 3.44. The van der Waals surface area contributed by atoms with Crippen LogP contribution in [0, 0.1) is 0 Å². The van der Waals surface area contributed by atoms with E-state index in [1.807, 2.05) is 36.4 Å². The Morgan fingerprint density at radius 3 is 2.53 bits per heavy atom. The molecule has 0 fully saturated rings. The number of carbonyl (C=O) groups is 1. The predicted octanol–water partition coefficient (Wildman–Crippen LogP) is 3.34. The molecule has 1 atom stereocenters. The van der Waals surface area contributed by atoms with Gasteiger partial charge in [-0.2, -0.15) is 4.72 Å². The fourth-order valence-corrected chi connectivity index (χ4v) is 4.67. The quantitative estimate of drug-likeness (QED) is 0.470. The van der Waals surface area contributed by atoms with Crippen molar-refractivity contribution in [1.29, 1.82) is 0 Å². The summed E-state index contributed by atoms with van der Waals surface area (Å²) in [5.74, 6) is -0.292. The summed E-state index contributed by atoms with van der Waals surface area (Å²) in [7, 11) is -4.12. The standard InChI is InChI=1S/C23H24ClN3O4S/c1-2-31-21-11-10-19(24)14-22(21)32(29,30)27-20(13-17-7-4-3-5-8-17)23(28)26-16-18-9-6-12-25-15-18/h3-12,14-15,20,27H,2,13,16H2,1H3,(H,26,28). The number of carbonyl (C=O) groups excluding carboxylic acids is 1. The number of aromatic nitrogens is 1. The van der Waals surface area contributed by atoms with Gasteiger partial charge in [-0.25, -0.2) is 8.42 Å². The molecule has 9 heteroatoms. The highest BCUT2D eigenvalue weighted by atomic mass is 35.5. The maximum atomic E-state index is 13.2. The number of pyridine rings is 1. The highest BCUT2D eigenvalue weighted by Gasteiger charge is 2.28. The van der Waals surface area contributed by atoms with Crippen molar-refractivity contribution in [3.8, 4) is 5.75 Å². The second-order valence-electron chi connectivity index (χ2n) is 6.97. The van der Waals surface area contributed by atoms with E-state index >= 15 is 0 Å². The van der Waals surface area contributed by atoms with Gasteiger partial charge in [0, 0.05) is 24.0 Å². The monoisotopic (exact) mass is 473 g/mol. The van der Waals surface area contributed by atoms with Gasteiger partial charge in [-0.3, -0.25) is 9.78 Å². The van der Waals surface area contributed by atoms with Crippen LogP contribution in [0.5, 0.6) is 5.75 Å². The lowest BCUT2D eigenvalue weighted by molar-refractivity contribution is -0.122. The Hall–Kier alpha value is -2.94. The lowest BCUT2D eigenvalue weighted by Gasteiger charge is -2.20. The van der Waals surface area contributed by atoms with Crippen LogP contribution in [-0.4, -0.2) is 32.0 Å². The van der Waals surface area contributed by atoms with Crippen LogP contribution in [0.1, 0.15) is 18.1 Å². The zero-order valence-electron chi connectivity index (χ0n) is 17.5. The van der Waals surface area contributed by atoms with Gasteiger partial charge in [0.05, 0.1) is 6.61 Å². The molecule has 32 heavy (non-hydrogen) atoms. The molecule has 0 spiro atoms. The Labute approximate surface area is 192 Å². The van der Waals surface area contributed by atoms with E-state index in [-0.39, 0.29) is 35.2 Å². The van der Waals surface area contributed by atoms with Gasteiger partial charge in [0.25, 0.3) is 0 Å². The molecular weight excluding hydrogens is 450 g/mol. The van der Waals surface area contributed by atoms with Crippen molar-refractivity contribution in [3.05, 3.63) is 89.2 Å². The molecular formula is C23H24ClN3O4S. The van der Waals surface area contributed by atoms with E-state index in [4.69, 9.17) is 16.3 Å². The largest absolute Gasteiger partial charge is 0.492 e. The Kier molecular flexibility index (Phi) is 8.21. The summed E-state index contributed by atoms with van der Waals surface area (Å²) in [5, 5.41) is 3.03. The SMILES string of the molecule is CCOc1ccc(Cl)cc1S(=O)(=O)NC(Cc1ccccc1)C(=O)NCc1cccnc1. The van der Waals surface area contributed by atoms with Crippen molar-refractivity contribution in [2.45, 2.75) is 30.8 Å². The van der Waals surface area contributed by atoms with Gasteiger partial charge < -0.3 is 10.1 Å². The van der Waals surface area contributed by atoms with E-state index in [0.29, 0.717) is 0 Å². The van der Waals surface area contributed by atoms with Gasteiger partial charge in [-0.15, -0.1) is 0 Å². The van der Waals surface area contributed by atoms with Crippen molar-refractivity contribution >= 4 is 27.5 Å². The van der Waals surface area contributed by atoms with Crippen LogP contribution in [0.25, 0.3) is 0 Å². The average molecular weight is 474 g/mol. The van der Waals surface area contributed by atoms with Gasteiger partial charge in [0.2, 0.25) is 15.9 Å². The van der Waals surface area contributed by atoms with E-state index in [9.17, 15) is 13.2 Å². The van der Waals surface area contributed by atoms with Crippen molar-refractivity contribution in [2.75, 3.05) is 6.61 Å². The maximum absolute atomic E-state index is 13.2. The molecule has 1 unspecified atom stereocenters. The van der Waals surface area contributed by atoms with Crippen molar-refractivity contribution in [2.24, 2.45) is 0 Å². The molecule has 0 aliphatic heterocycles. The molecule has 1 amide bonds. The summed E-state index contributed by atoms with van der Waals surface area (Å²) < 4.78 is 34.4. The van der Waals surface area contributed by atoms with E-state index < -0.39 is 22.0 Å². The topological polar surface area (TPSA) is 97.4 Å². The van der Waals surface area contributed by atoms with Gasteiger partial charge in [-0.1, -0.05) is 48.0 Å². The molecule has 168 valence electrons. The van der Waals surface area contributed by atoms with Crippen molar-refractivity contribution in [3.63, 3.8) is 0 Å². The predicted molar refractivity (Wildman–Crippen MR) is 123 cm³/mol. The molecule has 0 aliphatic carbocycles. The third kappa shape index (κ3) is 6.53. The molecule has 2 aromatic carbocycles. The number of hydrogen-bond donors (Lipinski definition) is 2. The smallest absolute Gasteiger partial charge is 0.245 e. The zero-order valence-corrected chi connectivity index (χ0v) is 19.1. The first kappa shape index (κ1) is 23.7. The van der Waals surface area contributed by atoms with E-state index in [2.05, 4.69) is 15.0 Å².